The lowest BCUT2D eigenvalue weighted by atomic mass is 10.1. The quantitative estimate of drug-likeness (QED) is 0.839. The Morgan fingerprint density at radius 1 is 1.38 bits per heavy atom. The Morgan fingerprint density at radius 2 is 2.05 bits per heavy atom. The van der Waals surface area contributed by atoms with E-state index in [0.29, 0.717) is 0 Å². The Balaban J connectivity index is 2.46. The molecule has 0 radical (unpaired) electrons. The molecular weight excluding hydrogens is 341 g/mol. The van der Waals surface area contributed by atoms with Crippen molar-refractivity contribution in [3.8, 4) is 11.6 Å². The van der Waals surface area contributed by atoms with Crippen molar-refractivity contribution in [3.63, 3.8) is 0 Å². The topological polar surface area (TPSA) is 70.1 Å². The van der Waals surface area contributed by atoms with Crippen molar-refractivity contribution in [2.75, 3.05) is 5.73 Å². The maximum atomic E-state index is 13.5. The van der Waals surface area contributed by atoms with Gasteiger partial charge in [-0.2, -0.15) is 0 Å². The second-order valence-electron chi connectivity index (χ2n) is 5.48. The fourth-order valence-electron chi connectivity index (χ4n) is 1.73. The van der Waals surface area contributed by atoms with E-state index in [4.69, 9.17) is 10.5 Å². The summed E-state index contributed by atoms with van der Waals surface area (Å²) in [7, 11) is 0. The Kier molecular flexibility index (Phi) is 4.04. The van der Waals surface area contributed by atoms with Crippen molar-refractivity contribution in [3.05, 3.63) is 45.2 Å². The summed E-state index contributed by atoms with van der Waals surface area (Å²) < 4.78 is 20.6. The average molecular weight is 356 g/mol. The molecule has 0 amide bonds. The largest absolute Gasteiger partial charge is 0.432 e. The van der Waals surface area contributed by atoms with Gasteiger partial charge in [-0.1, -0.05) is 0 Å². The van der Waals surface area contributed by atoms with E-state index in [9.17, 15) is 9.18 Å². The van der Waals surface area contributed by atoms with Crippen LogP contribution in [0.15, 0.2) is 33.8 Å². The van der Waals surface area contributed by atoms with Crippen molar-refractivity contribution in [2.24, 2.45) is 0 Å². The summed E-state index contributed by atoms with van der Waals surface area (Å²) in [5.41, 5.74) is 5.13. The van der Waals surface area contributed by atoms with Gasteiger partial charge in [0.2, 0.25) is 0 Å². The summed E-state index contributed by atoms with van der Waals surface area (Å²) in [4.78, 5) is 16.2. The Bertz CT molecular complexity index is 738. The zero-order valence-electron chi connectivity index (χ0n) is 11.9. The van der Waals surface area contributed by atoms with Crippen molar-refractivity contribution in [1.82, 2.24) is 9.55 Å². The predicted molar refractivity (Wildman–Crippen MR) is 82.1 cm³/mol. The first kappa shape index (κ1) is 15.5. The van der Waals surface area contributed by atoms with E-state index >= 15 is 0 Å². The van der Waals surface area contributed by atoms with E-state index in [0.717, 1.165) is 6.07 Å². The van der Waals surface area contributed by atoms with Gasteiger partial charge in [0, 0.05) is 24.0 Å². The number of hydrogen-bond acceptors (Lipinski definition) is 4. The van der Waals surface area contributed by atoms with Gasteiger partial charge >= 0.3 is 5.56 Å². The van der Waals surface area contributed by atoms with E-state index in [-0.39, 0.29) is 21.8 Å². The SMILES string of the molecule is CC(C)(C)n1ccnc(Oc2cc(F)c(Br)cc2N)c1=O. The zero-order valence-corrected chi connectivity index (χ0v) is 13.4. The summed E-state index contributed by atoms with van der Waals surface area (Å²) in [5, 5.41) is 0. The fourth-order valence-corrected chi connectivity index (χ4v) is 2.09. The van der Waals surface area contributed by atoms with E-state index < -0.39 is 16.9 Å². The van der Waals surface area contributed by atoms with Gasteiger partial charge in [-0.05, 0) is 42.8 Å². The highest BCUT2D eigenvalue weighted by atomic mass is 79.9. The fraction of sp³-hybridized carbons (Fsp3) is 0.286. The first-order valence-electron chi connectivity index (χ1n) is 6.20. The molecular formula is C14H15BrFN3O2. The average Bonchev–Trinajstić information content (AvgIpc) is 2.36. The molecule has 0 aliphatic rings. The molecule has 21 heavy (non-hydrogen) atoms. The second kappa shape index (κ2) is 5.48. The number of rotatable bonds is 2. The van der Waals surface area contributed by atoms with Gasteiger partial charge in [-0.15, -0.1) is 0 Å². The molecule has 2 N–H and O–H groups in total. The predicted octanol–water partition coefficient (Wildman–Crippen LogP) is 3.27. The molecule has 0 spiro atoms. The molecule has 0 aliphatic carbocycles. The molecule has 1 aromatic heterocycles. The summed E-state index contributed by atoms with van der Waals surface area (Å²) in [6.07, 6.45) is 3.02. The van der Waals surface area contributed by atoms with Crippen LogP contribution >= 0.6 is 15.9 Å². The van der Waals surface area contributed by atoms with E-state index in [1.165, 1.54) is 16.8 Å². The lowest BCUT2D eigenvalue weighted by Gasteiger charge is -2.22. The summed E-state index contributed by atoms with van der Waals surface area (Å²) in [5.74, 6) is -0.640. The molecule has 2 aromatic rings. The van der Waals surface area contributed by atoms with Crippen LogP contribution in [-0.4, -0.2) is 9.55 Å². The van der Waals surface area contributed by atoms with Gasteiger partial charge in [0.25, 0.3) is 5.88 Å². The molecule has 2 rings (SSSR count). The minimum Gasteiger partial charge on any atom is -0.432 e. The molecule has 112 valence electrons. The molecule has 0 unspecified atom stereocenters. The Hall–Kier alpha value is -1.89. The van der Waals surface area contributed by atoms with Gasteiger partial charge in [0.15, 0.2) is 5.75 Å². The molecule has 0 saturated heterocycles. The number of anilines is 1. The highest BCUT2D eigenvalue weighted by Gasteiger charge is 2.18. The van der Waals surface area contributed by atoms with Crippen molar-refractivity contribution in [2.45, 2.75) is 26.3 Å². The first-order chi connectivity index (χ1) is 9.70. The number of benzene rings is 1. The second-order valence-corrected chi connectivity index (χ2v) is 6.34. The number of ether oxygens (including phenoxy) is 1. The van der Waals surface area contributed by atoms with Crippen molar-refractivity contribution >= 4 is 21.6 Å². The molecule has 7 heteroatoms. The normalized spacial score (nSPS) is 11.5. The maximum absolute atomic E-state index is 13.5. The number of aromatic nitrogens is 2. The highest BCUT2D eigenvalue weighted by molar-refractivity contribution is 9.10. The van der Waals surface area contributed by atoms with Crippen LogP contribution in [0.1, 0.15) is 20.8 Å². The van der Waals surface area contributed by atoms with Crippen molar-refractivity contribution in [1.29, 1.82) is 0 Å². The van der Waals surface area contributed by atoms with Crippen LogP contribution < -0.4 is 16.0 Å². The lowest BCUT2D eigenvalue weighted by molar-refractivity contribution is 0.363. The minimum atomic E-state index is -0.536. The van der Waals surface area contributed by atoms with Crippen LogP contribution in [0.4, 0.5) is 10.1 Å². The summed E-state index contributed by atoms with van der Waals surface area (Å²) in [6, 6.07) is 2.48. The van der Waals surface area contributed by atoms with Crippen LogP contribution in [-0.2, 0) is 5.54 Å². The van der Waals surface area contributed by atoms with E-state index in [1.54, 1.807) is 6.20 Å². The summed E-state index contributed by atoms with van der Waals surface area (Å²) in [6.45, 7) is 5.64. The third-order valence-electron chi connectivity index (χ3n) is 2.79. The van der Waals surface area contributed by atoms with Gasteiger partial charge in [-0.3, -0.25) is 4.79 Å². The number of nitrogens with zero attached hydrogens (tertiary/aromatic N) is 2. The number of halogens is 2. The molecule has 5 nitrogen and oxygen atoms in total. The Morgan fingerprint density at radius 3 is 2.67 bits per heavy atom. The molecule has 0 atom stereocenters. The van der Waals surface area contributed by atoms with Crippen LogP contribution in [0, 0.1) is 5.82 Å². The Labute approximate surface area is 129 Å². The zero-order chi connectivity index (χ0) is 15.8. The van der Waals surface area contributed by atoms with E-state index in [1.807, 2.05) is 20.8 Å². The van der Waals surface area contributed by atoms with Crippen LogP contribution in [0.2, 0.25) is 0 Å². The maximum Gasteiger partial charge on any atom is 0.314 e. The van der Waals surface area contributed by atoms with Crippen LogP contribution in [0.25, 0.3) is 0 Å². The van der Waals surface area contributed by atoms with Gasteiger partial charge in [0.1, 0.15) is 5.82 Å². The first-order valence-corrected chi connectivity index (χ1v) is 7.00. The number of hydrogen-bond donors (Lipinski definition) is 1. The van der Waals surface area contributed by atoms with Gasteiger partial charge < -0.3 is 15.0 Å². The standard InChI is InChI=1S/C14H15BrFN3O2/c1-14(2,3)19-5-4-18-12(13(19)20)21-11-7-9(16)8(15)6-10(11)17/h4-7H,17H2,1-3H3. The molecule has 0 aliphatic heterocycles. The number of nitrogen functional groups attached to an aromatic ring is 1. The molecule has 1 heterocycles. The lowest BCUT2D eigenvalue weighted by Crippen LogP contribution is -2.34. The number of nitrogens with two attached hydrogens (primary N) is 1. The molecule has 0 bridgehead atoms. The van der Waals surface area contributed by atoms with Crippen LogP contribution in [0.5, 0.6) is 11.6 Å². The third-order valence-corrected chi connectivity index (χ3v) is 3.40. The third kappa shape index (κ3) is 3.24. The molecule has 0 saturated carbocycles. The molecule has 1 aromatic carbocycles. The molecule has 0 fully saturated rings. The van der Waals surface area contributed by atoms with Gasteiger partial charge in [-0.25, -0.2) is 9.37 Å². The highest BCUT2D eigenvalue weighted by Crippen LogP contribution is 2.30. The van der Waals surface area contributed by atoms with E-state index in [2.05, 4.69) is 20.9 Å². The van der Waals surface area contributed by atoms with Crippen LogP contribution in [0.3, 0.4) is 0 Å². The smallest absolute Gasteiger partial charge is 0.314 e. The van der Waals surface area contributed by atoms with Gasteiger partial charge in [0.05, 0.1) is 10.2 Å². The monoisotopic (exact) mass is 355 g/mol. The minimum absolute atomic E-state index is 0.0481. The summed E-state index contributed by atoms with van der Waals surface area (Å²) >= 11 is 3.03. The van der Waals surface area contributed by atoms with Crippen molar-refractivity contribution < 1.29 is 9.13 Å².